The number of halogens is 1. The molecule has 0 radical (unpaired) electrons. The first-order valence-electron chi connectivity index (χ1n) is 9.66. The summed E-state index contributed by atoms with van der Waals surface area (Å²) in [7, 11) is 0. The number of aromatic amines is 1. The van der Waals surface area contributed by atoms with Crippen molar-refractivity contribution in [3.63, 3.8) is 0 Å². The molecule has 3 aromatic rings. The second-order valence-electron chi connectivity index (χ2n) is 7.39. The summed E-state index contributed by atoms with van der Waals surface area (Å²) in [5, 5.41) is 3.46. The van der Waals surface area contributed by atoms with E-state index in [1.54, 1.807) is 0 Å². The Bertz CT molecular complexity index is 1160. The maximum absolute atomic E-state index is 12.7. The average molecular weight is 427 g/mol. The van der Waals surface area contributed by atoms with Crippen LogP contribution < -0.4 is 14.8 Å². The van der Waals surface area contributed by atoms with Gasteiger partial charge in [0.2, 0.25) is 6.79 Å². The van der Waals surface area contributed by atoms with E-state index in [-0.39, 0.29) is 12.8 Å². The van der Waals surface area contributed by atoms with Gasteiger partial charge in [0.25, 0.3) is 0 Å². The molecule has 3 atom stereocenters. The molecule has 0 spiro atoms. The standard InChI is InChI=1S/C22H19ClN2O5/c1-11(23)21(26)30-22(27)16-9-14-13-4-2-3-5-15(13)24-20(14)19(25-16)12-6-7-17-18(8-12)29-10-28-17/h2-8,11,16,19,24-25H,9-10H2,1H3. The van der Waals surface area contributed by atoms with Gasteiger partial charge in [0.1, 0.15) is 11.4 Å². The molecule has 2 N–H and O–H groups in total. The lowest BCUT2D eigenvalue weighted by molar-refractivity contribution is -0.160. The van der Waals surface area contributed by atoms with Gasteiger partial charge >= 0.3 is 11.9 Å². The molecule has 1 aromatic heterocycles. The third-order valence-corrected chi connectivity index (χ3v) is 5.63. The highest BCUT2D eigenvalue weighted by Gasteiger charge is 2.36. The number of fused-ring (bicyclic) bond motifs is 4. The van der Waals surface area contributed by atoms with Crippen LogP contribution in [0, 0.1) is 0 Å². The number of ether oxygens (including phenoxy) is 3. The number of nitrogens with one attached hydrogen (secondary N) is 2. The number of H-pyrrole nitrogens is 1. The number of aromatic nitrogens is 1. The third kappa shape index (κ3) is 3.20. The van der Waals surface area contributed by atoms with Crippen molar-refractivity contribution in [2.45, 2.75) is 30.8 Å². The SMILES string of the molecule is CC(Cl)C(=O)OC(=O)C1Cc2c([nH]c3ccccc23)C(c2ccc3c(c2)OCO3)N1. The fourth-order valence-electron chi connectivity index (χ4n) is 3.99. The minimum atomic E-state index is -0.897. The van der Waals surface area contributed by atoms with Gasteiger partial charge in [0.15, 0.2) is 11.5 Å². The van der Waals surface area contributed by atoms with Crippen LogP contribution in [0.3, 0.4) is 0 Å². The van der Waals surface area contributed by atoms with Gasteiger partial charge in [-0.2, -0.15) is 0 Å². The second-order valence-corrected chi connectivity index (χ2v) is 8.04. The summed E-state index contributed by atoms with van der Waals surface area (Å²) >= 11 is 5.75. The first-order valence-corrected chi connectivity index (χ1v) is 10.1. The van der Waals surface area contributed by atoms with E-state index in [9.17, 15) is 9.59 Å². The predicted octanol–water partition coefficient (Wildman–Crippen LogP) is 3.20. The summed E-state index contributed by atoms with van der Waals surface area (Å²) < 4.78 is 15.9. The lowest BCUT2D eigenvalue weighted by atomic mass is 9.90. The number of para-hydroxylation sites is 1. The molecule has 8 heteroatoms. The molecular weight excluding hydrogens is 408 g/mol. The topological polar surface area (TPSA) is 89.7 Å². The summed E-state index contributed by atoms with van der Waals surface area (Å²) in [6.07, 6.45) is 0.392. The molecule has 0 fully saturated rings. The Labute approximate surface area is 177 Å². The fourth-order valence-corrected chi connectivity index (χ4v) is 4.04. The Kier molecular flexibility index (Phi) is 4.64. The normalized spacial score (nSPS) is 20.6. The predicted molar refractivity (Wildman–Crippen MR) is 110 cm³/mol. The van der Waals surface area contributed by atoms with Gasteiger partial charge in [0, 0.05) is 23.0 Å². The summed E-state index contributed by atoms with van der Waals surface area (Å²) in [5.74, 6) is -0.0612. The van der Waals surface area contributed by atoms with Crippen molar-refractivity contribution in [3.8, 4) is 11.5 Å². The highest BCUT2D eigenvalue weighted by Crippen LogP contribution is 2.39. The Hall–Kier alpha value is -3.03. The van der Waals surface area contributed by atoms with Gasteiger partial charge in [-0.1, -0.05) is 24.3 Å². The van der Waals surface area contributed by atoms with E-state index in [4.69, 9.17) is 25.8 Å². The molecule has 2 aromatic carbocycles. The number of benzene rings is 2. The van der Waals surface area contributed by atoms with Gasteiger partial charge in [-0.15, -0.1) is 11.6 Å². The zero-order valence-electron chi connectivity index (χ0n) is 16.1. The largest absolute Gasteiger partial charge is 0.454 e. The highest BCUT2D eigenvalue weighted by molar-refractivity contribution is 6.30. The molecule has 0 saturated heterocycles. The van der Waals surface area contributed by atoms with E-state index in [1.165, 1.54) is 6.92 Å². The van der Waals surface area contributed by atoms with Crippen molar-refractivity contribution in [2.75, 3.05) is 6.79 Å². The second kappa shape index (κ2) is 7.34. The molecule has 3 heterocycles. The summed E-state index contributed by atoms with van der Waals surface area (Å²) in [4.78, 5) is 28.0. The lowest BCUT2D eigenvalue weighted by Crippen LogP contribution is -2.46. The molecule has 2 aliphatic rings. The van der Waals surface area contributed by atoms with E-state index in [0.29, 0.717) is 17.9 Å². The quantitative estimate of drug-likeness (QED) is 0.380. The number of rotatable bonds is 3. The number of hydrogen-bond acceptors (Lipinski definition) is 6. The Balaban J connectivity index is 1.56. The van der Waals surface area contributed by atoms with Gasteiger partial charge < -0.3 is 19.2 Å². The molecule has 2 aliphatic heterocycles. The van der Waals surface area contributed by atoms with Crippen LogP contribution in [0.25, 0.3) is 10.9 Å². The molecule has 0 amide bonds. The van der Waals surface area contributed by atoms with Crippen molar-refractivity contribution < 1.29 is 23.8 Å². The molecule has 0 bridgehead atoms. The minimum Gasteiger partial charge on any atom is -0.454 e. The number of carbonyl (C=O) groups is 2. The highest BCUT2D eigenvalue weighted by atomic mass is 35.5. The van der Waals surface area contributed by atoms with Gasteiger partial charge in [-0.3, -0.25) is 5.32 Å². The molecule has 0 saturated carbocycles. The van der Waals surface area contributed by atoms with Crippen LogP contribution >= 0.6 is 11.6 Å². The Morgan fingerprint density at radius 2 is 1.97 bits per heavy atom. The maximum Gasteiger partial charge on any atom is 0.331 e. The lowest BCUT2D eigenvalue weighted by Gasteiger charge is -2.30. The monoisotopic (exact) mass is 426 g/mol. The van der Waals surface area contributed by atoms with Crippen LogP contribution in [-0.4, -0.2) is 35.1 Å². The van der Waals surface area contributed by atoms with Crippen LogP contribution in [0.2, 0.25) is 0 Å². The molecule has 7 nitrogen and oxygen atoms in total. The molecule has 30 heavy (non-hydrogen) atoms. The minimum absolute atomic E-state index is 0.183. The van der Waals surface area contributed by atoms with Gasteiger partial charge in [-0.25, -0.2) is 9.59 Å². The van der Waals surface area contributed by atoms with E-state index in [0.717, 1.165) is 27.7 Å². The van der Waals surface area contributed by atoms with Gasteiger partial charge in [-0.05, 0) is 36.2 Å². The maximum atomic E-state index is 12.7. The molecule has 154 valence electrons. The number of carbonyl (C=O) groups excluding carboxylic acids is 2. The molecule has 0 aliphatic carbocycles. The van der Waals surface area contributed by atoms with Crippen LogP contribution in [0.5, 0.6) is 11.5 Å². The molecular formula is C22H19ClN2O5. The first kappa shape index (κ1) is 19.0. The van der Waals surface area contributed by atoms with Crippen LogP contribution in [0.4, 0.5) is 0 Å². The molecule has 5 rings (SSSR count). The zero-order chi connectivity index (χ0) is 20.8. The summed E-state index contributed by atoms with van der Waals surface area (Å²) in [5.41, 5.74) is 3.87. The Morgan fingerprint density at radius 3 is 2.80 bits per heavy atom. The summed E-state index contributed by atoms with van der Waals surface area (Å²) in [6.45, 7) is 1.65. The van der Waals surface area contributed by atoms with E-state index >= 15 is 0 Å². The van der Waals surface area contributed by atoms with Crippen LogP contribution in [-0.2, 0) is 20.7 Å². The van der Waals surface area contributed by atoms with Crippen LogP contribution in [0.1, 0.15) is 29.8 Å². The van der Waals surface area contributed by atoms with E-state index in [1.807, 2.05) is 42.5 Å². The first-order chi connectivity index (χ1) is 14.5. The van der Waals surface area contributed by atoms with Crippen LogP contribution in [0.15, 0.2) is 42.5 Å². The average Bonchev–Trinajstić information content (AvgIpc) is 3.36. The number of hydrogen-bond donors (Lipinski definition) is 2. The van der Waals surface area contributed by atoms with E-state index in [2.05, 4.69) is 10.3 Å². The number of esters is 2. The third-order valence-electron chi connectivity index (χ3n) is 5.45. The van der Waals surface area contributed by atoms with Gasteiger partial charge in [0.05, 0.1) is 6.04 Å². The van der Waals surface area contributed by atoms with E-state index < -0.39 is 23.4 Å². The summed E-state index contributed by atoms with van der Waals surface area (Å²) in [6, 6.07) is 12.6. The fraction of sp³-hybridized carbons (Fsp3) is 0.273. The van der Waals surface area contributed by atoms with Crippen molar-refractivity contribution in [3.05, 3.63) is 59.3 Å². The zero-order valence-corrected chi connectivity index (χ0v) is 16.9. The van der Waals surface area contributed by atoms with Crippen molar-refractivity contribution in [1.29, 1.82) is 0 Å². The van der Waals surface area contributed by atoms with Crippen molar-refractivity contribution >= 4 is 34.4 Å². The van der Waals surface area contributed by atoms with Crippen molar-refractivity contribution in [2.24, 2.45) is 0 Å². The van der Waals surface area contributed by atoms with Crippen molar-refractivity contribution in [1.82, 2.24) is 10.3 Å². The number of alkyl halides is 1. The molecule has 3 unspecified atom stereocenters. The Morgan fingerprint density at radius 1 is 1.17 bits per heavy atom. The smallest absolute Gasteiger partial charge is 0.331 e.